The lowest BCUT2D eigenvalue weighted by atomic mass is 10.1. The van der Waals surface area contributed by atoms with Gasteiger partial charge < -0.3 is 9.84 Å². The van der Waals surface area contributed by atoms with E-state index in [4.69, 9.17) is 4.52 Å². The van der Waals surface area contributed by atoms with Crippen molar-refractivity contribution in [2.75, 3.05) is 5.32 Å². The van der Waals surface area contributed by atoms with Crippen molar-refractivity contribution in [1.29, 1.82) is 0 Å². The Bertz CT molecular complexity index is 1010. The van der Waals surface area contributed by atoms with E-state index < -0.39 is 5.91 Å². The zero-order valence-electron chi connectivity index (χ0n) is 12.5. The number of rotatable bonds is 3. The van der Waals surface area contributed by atoms with Crippen LogP contribution in [-0.4, -0.2) is 21.0 Å². The van der Waals surface area contributed by atoms with E-state index in [1.54, 1.807) is 18.3 Å². The highest BCUT2D eigenvalue weighted by Crippen LogP contribution is 2.19. The topological polar surface area (TPSA) is 80.9 Å². The van der Waals surface area contributed by atoms with Crippen molar-refractivity contribution in [3.05, 3.63) is 72.6 Å². The zero-order chi connectivity index (χ0) is 16.4. The van der Waals surface area contributed by atoms with Crippen LogP contribution in [0.15, 0.2) is 71.4 Å². The summed E-state index contributed by atoms with van der Waals surface area (Å²) >= 11 is 0. The molecule has 24 heavy (non-hydrogen) atoms. The molecule has 0 atom stereocenters. The molecule has 4 aromatic rings. The number of pyridine rings is 2. The molecule has 0 spiro atoms. The quantitative estimate of drug-likeness (QED) is 0.625. The Labute approximate surface area is 137 Å². The van der Waals surface area contributed by atoms with Crippen molar-refractivity contribution in [3.63, 3.8) is 0 Å². The molecule has 0 fully saturated rings. The van der Waals surface area contributed by atoms with Gasteiger partial charge in [-0.25, -0.2) is 9.97 Å². The zero-order valence-corrected chi connectivity index (χ0v) is 12.5. The second-order valence-electron chi connectivity index (χ2n) is 5.14. The number of hydrogen-bond donors (Lipinski definition) is 1. The van der Waals surface area contributed by atoms with Crippen molar-refractivity contribution < 1.29 is 9.32 Å². The van der Waals surface area contributed by atoms with Crippen LogP contribution in [0, 0.1) is 0 Å². The lowest BCUT2D eigenvalue weighted by Gasteiger charge is -2.02. The molecule has 0 radical (unpaired) electrons. The van der Waals surface area contributed by atoms with E-state index in [2.05, 4.69) is 20.4 Å². The van der Waals surface area contributed by atoms with E-state index >= 15 is 0 Å². The monoisotopic (exact) mass is 316 g/mol. The minimum Gasteiger partial charge on any atom is -0.350 e. The van der Waals surface area contributed by atoms with E-state index in [-0.39, 0.29) is 5.76 Å². The molecule has 0 aliphatic heterocycles. The van der Waals surface area contributed by atoms with Crippen LogP contribution in [-0.2, 0) is 0 Å². The summed E-state index contributed by atoms with van der Waals surface area (Å²) in [7, 11) is 0. The molecule has 3 aromatic heterocycles. The Balaban J connectivity index is 1.56. The highest BCUT2D eigenvalue weighted by molar-refractivity contribution is 6.02. The van der Waals surface area contributed by atoms with Crippen LogP contribution < -0.4 is 5.32 Å². The molecule has 1 N–H and O–H groups in total. The highest BCUT2D eigenvalue weighted by atomic mass is 16.5. The minimum atomic E-state index is -0.410. The Hall–Kier alpha value is -3.54. The number of carbonyl (C=O) groups is 1. The number of nitrogens with zero attached hydrogens (tertiary/aromatic N) is 3. The lowest BCUT2D eigenvalue weighted by Crippen LogP contribution is -2.12. The molecule has 0 saturated carbocycles. The van der Waals surface area contributed by atoms with Gasteiger partial charge in [-0.15, -0.1) is 0 Å². The molecule has 0 bridgehead atoms. The van der Waals surface area contributed by atoms with Gasteiger partial charge in [0.2, 0.25) is 5.76 Å². The summed E-state index contributed by atoms with van der Waals surface area (Å²) in [5, 5.41) is 7.53. The van der Waals surface area contributed by atoms with Crippen LogP contribution in [0.5, 0.6) is 0 Å². The largest absolute Gasteiger partial charge is 0.350 e. The highest BCUT2D eigenvalue weighted by Gasteiger charge is 2.15. The summed E-state index contributed by atoms with van der Waals surface area (Å²) in [5.41, 5.74) is 2.06. The van der Waals surface area contributed by atoms with E-state index in [1.165, 1.54) is 0 Å². The average molecular weight is 316 g/mol. The summed E-state index contributed by atoms with van der Waals surface area (Å²) in [6, 6.07) is 18.4. The predicted octanol–water partition coefficient (Wildman–Crippen LogP) is 3.54. The third-order valence-corrected chi connectivity index (χ3v) is 3.51. The van der Waals surface area contributed by atoms with Crippen LogP contribution in [0.4, 0.5) is 5.82 Å². The maximum Gasteiger partial charge on any atom is 0.295 e. The van der Waals surface area contributed by atoms with E-state index in [9.17, 15) is 4.79 Å². The van der Waals surface area contributed by atoms with Crippen LogP contribution in [0.1, 0.15) is 10.6 Å². The number of fused-ring (bicyclic) bond motifs is 1. The Morgan fingerprint density at radius 2 is 1.88 bits per heavy atom. The van der Waals surface area contributed by atoms with E-state index in [1.807, 2.05) is 48.5 Å². The van der Waals surface area contributed by atoms with Gasteiger partial charge in [0, 0.05) is 23.2 Å². The van der Waals surface area contributed by atoms with Crippen LogP contribution in [0.3, 0.4) is 0 Å². The van der Waals surface area contributed by atoms with Gasteiger partial charge in [0.15, 0.2) is 5.65 Å². The van der Waals surface area contributed by atoms with Gasteiger partial charge in [0.1, 0.15) is 11.5 Å². The standard InChI is InChI=1S/C18H12N4O2/c23-18(15-11-14(22-24-15)12-5-2-1-3-6-12)21-16-9-8-13-7-4-10-19-17(13)20-16/h1-11H,(H,19,20,21,23). The summed E-state index contributed by atoms with van der Waals surface area (Å²) in [5.74, 6) is 0.119. The molecule has 6 nitrogen and oxygen atoms in total. The second-order valence-corrected chi connectivity index (χ2v) is 5.14. The van der Waals surface area contributed by atoms with Crippen molar-refractivity contribution in [1.82, 2.24) is 15.1 Å². The van der Waals surface area contributed by atoms with Crippen molar-refractivity contribution >= 4 is 22.8 Å². The molecule has 0 aliphatic rings. The molecular weight excluding hydrogens is 304 g/mol. The summed E-state index contributed by atoms with van der Waals surface area (Å²) < 4.78 is 5.14. The summed E-state index contributed by atoms with van der Waals surface area (Å²) in [6.07, 6.45) is 1.66. The maximum absolute atomic E-state index is 12.3. The molecular formula is C18H12N4O2. The van der Waals surface area contributed by atoms with Crippen molar-refractivity contribution in [2.24, 2.45) is 0 Å². The molecule has 116 valence electrons. The minimum absolute atomic E-state index is 0.122. The third kappa shape index (κ3) is 2.72. The maximum atomic E-state index is 12.3. The first kappa shape index (κ1) is 14.1. The van der Waals surface area contributed by atoms with Gasteiger partial charge in [-0.2, -0.15) is 0 Å². The molecule has 1 amide bonds. The number of benzene rings is 1. The number of anilines is 1. The fourth-order valence-electron chi connectivity index (χ4n) is 2.33. The van der Waals surface area contributed by atoms with Gasteiger partial charge in [-0.3, -0.25) is 4.79 Å². The third-order valence-electron chi connectivity index (χ3n) is 3.51. The fourth-order valence-corrected chi connectivity index (χ4v) is 2.33. The Morgan fingerprint density at radius 3 is 2.75 bits per heavy atom. The van der Waals surface area contributed by atoms with Crippen molar-refractivity contribution in [2.45, 2.75) is 0 Å². The molecule has 6 heteroatoms. The molecule has 0 aliphatic carbocycles. The first-order chi connectivity index (χ1) is 11.8. The van der Waals surface area contributed by atoms with E-state index in [0.717, 1.165) is 10.9 Å². The molecule has 4 rings (SSSR count). The summed E-state index contributed by atoms with van der Waals surface area (Å²) in [4.78, 5) is 20.8. The number of nitrogens with one attached hydrogen (secondary N) is 1. The molecule has 1 aromatic carbocycles. The second kappa shape index (κ2) is 5.92. The van der Waals surface area contributed by atoms with E-state index in [0.29, 0.717) is 17.2 Å². The first-order valence-corrected chi connectivity index (χ1v) is 7.35. The van der Waals surface area contributed by atoms with Gasteiger partial charge >= 0.3 is 0 Å². The predicted molar refractivity (Wildman–Crippen MR) is 89.4 cm³/mol. The number of carbonyl (C=O) groups excluding carboxylic acids is 1. The van der Waals surface area contributed by atoms with Gasteiger partial charge in [0.25, 0.3) is 5.91 Å². The number of aromatic nitrogens is 3. The van der Waals surface area contributed by atoms with Gasteiger partial charge in [0.05, 0.1) is 0 Å². The average Bonchev–Trinajstić information content (AvgIpc) is 3.13. The van der Waals surface area contributed by atoms with Crippen LogP contribution in [0.25, 0.3) is 22.3 Å². The Morgan fingerprint density at radius 1 is 1.00 bits per heavy atom. The lowest BCUT2D eigenvalue weighted by molar-refractivity contribution is 0.0987. The molecule has 3 heterocycles. The number of hydrogen-bond acceptors (Lipinski definition) is 5. The van der Waals surface area contributed by atoms with Crippen LogP contribution in [0.2, 0.25) is 0 Å². The SMILES string of the molecule is O=C(Nc1ccc2cccnc2n1)c1cc(-c2ccccc2)no1. The smallest absolute Gasteiger partial charge is 0.295 e. The molecule has 0 saturated heterocycles. The molecule has 0 unspecified atom stereocenters. The fraction of sp³-hybridized carbons (Fsp3) is 0. The summed E-state index contributed by atoms with van der Waals surface area (Å²) in [6.45, 7) is 0. The normalized spacial score (nSPS) is 10.7. The van der Waals surface area contributed by atoms with Gasteiger partial charge in [-0.1, -0.05) is 35.5 Å². The Kier molecular flexibility index (Phi) is 3.47. The van der Waals surface area contributed by atoms with Crippen LogP contribution >= 0.6 is 0 Å². The van der Waals surface area contributed by atoms with Crippen molar-refractivity contribution in [3.8, 4) is 11.3 Å². The first-order valence-electron chi connectivity index (χ1n) is 7.35. The number of amides is 1. The van der Waals surface area contributed by atoms with Gasteiger partial charge in [-0.05, 0) is 24.3 Å².